The van der Waals surface area contributed by atoms with Gasteiger partial charge in [0.25, 0.3) is 5.91 Å². The Balaban J connectivity index is 1.53. The summed E-state index contributed by atoms with van der Waals surface area (Å²) in [5.74, 6) is -0.0526. The van der Waals surface area contributed by atoms with Crippen LogP contribution in [0.15, 0.2) is 66.7 Å². The fourth-order valence-corrected chi connectivity index (χ4v) is 4.59. The number of aliphatic hydroxyl groups excluding tert-OH is 1. The molecule has 0 radical (unpaired) electrons. The van der Waals surface area contributed by atoms with E-state index in [1.54, 1.807) is 62.4 Å². The Bertz CT molecular complexity index is 1440. The van der Waals surface area contributed by atoms with Crippen LogP contribution in [-0.4, -0.2) is 78.9 Å². The van der Waals surface area contributed by atoms with Gasteiger partial charge < -0.3 is 40.3 Å². The van der Waals surface area contributed by atoms with Crippen LogP contribution >= 0.6 is 0 Å². The van der Waals surface area contributed by atoms with Gasteiger partial charge in [0.05, 0.1) is 31.9 Å². The summed E-state index contributed by atoms with van der Waals surface area (Å²) in [6.07, 6.45) is -0.526. The van der Waals surface area contributed by atoms with E-state index in [1.807, 2.05) is 6.92 Å². The van der Waals surface area contributed by atoms with Crippen molar-refractivity contribution in [2.24, 2.45) is 5.92 Å². The predicted octanol–water partition coefficient (Wildman–Crippen LogP) is 4.86. The van der Waals surface area contributed by atoms with Gasteiger partial charge in [-0.3, -0.25) is 4.79 Å². The SMILES string of the molecule is COc1ccc(NC(=O)Nc2ccc3c(c2)C(=O)N([C@@H](C)CO)C[C@H](C)[C@H](CN(C)C(=O)Nc2ccc(F)cc2)O3)cc1. The molecule has 12 heteroatoms. The number of hydrogen-bond acceptors (Lipinski definition) is 6. The van der Waals surface area contributed by atoms with Crippen molar-refractivity contribution in [2.75, 3.05) is 49.8 Å². The van der Waals surface area contributed by atoms with Crippen LogP contribution in [0.25, 0.3) is 0 Å². The van der Waals surface area contributed by atoms with E-state index in [1.165, 1.54) is 35.2 Å². The van der Waals surface area contributed by atoms with Gasteiger partial charge in [0.2, 0.25) is 0 Å². The minimum Gasteiger partial charge on any atom is -0.497 e. The molecule has 0 spiro atoms. The minimum atomic E-state index is -0.526. The number of nitrogens with zero attached hydrogens (tertiary/aromatic N) is 2. The maximum Gasteiger partial charge on any atom is 0.323 e. The lowest BCUT2D eigenvalue weighted by Gasteiger charge is -2.38. The molecule has 1 aliphatic rings. The van der Waals surface area contributed by atoms with Crippen molar-refractivity contribution in [3.8, 4) is 11.5 Å². The van der Waals surface area contributed by atoms with Crippen LogP contribution in [0, 0.1) is 11.7 Å². The number of hydrogen-bond donors (Lipinski definition) is 4. The van der Waals surface area contributed by atoms with Crippen molar-refractivity contribution in [3.05, 3.63) is 78.1 Å². The standard InChI is InChI=1S/C31H36FN5O6/c1-19-16-37(20(2)18-38)29(39)26-15-24(34-30(40)33-22-9-12-25(42-4)13-10-22)11-14-27(26)43-28(19)17-36(3)31(41)35-23-7-5-21(32)6-8-23/h5-15,19-20,28,38H,16-18H2,1-4H3,(H,35,41)(H2,33,34,40)/t19-,20-,28-/m0/s1. The molecular weight excluding hydrogens is 557 g/mol. The van der Waals surface area contributed by atoms with E-state index >= 15 is 0 Å². The van der Waals surface area contributed by atoms with Gasteiger partial charge in [0.15, 0.2) is 0 Å². The highest BCUT2D eigenvalue weighted by molar-refractivity contribution is 6.02. The predicted molar refractivity (Wildman–Crippen MR) is 161 cm³/mol. The number of nitrogens with one attached hydrogen (secondary N) is 3. The number of carbonyl (C=O) groups excluding carboxylic acids is 3. The van der Waals surface area contributed by atoms with Crippen molar-refractivity contribution < 1.29 is 33.4 Å². The summed E-state index contributed by atoms with van der Waals surface area (Å²) in [6, 6.07) is 15.6. The highest BCUT2D eigenvalue weighted by Crippen LogP contribution is 2.31. The number of carbonyl (C=O) groups is 3. The van der Waals surface area contributed by atoms with Crippen molar-refractivity contribution in [2.45, 2.75) is 26.0 Å². The number of rotatable bonds is 8. The first-order valence-electron chi connectivity index (χ1n) is 13.8. The second kappa shape index (κ2) is 13.9. The molecule has 0 aliphatic carbocycles. The Kier molecular flexibility index (Phi) is 10.0. The number of likely N-dealkylation sites (N-methyl/N-ethyl adjacent to an activating group) is 1. The summed E-state index contributed by atoms with van der Waals surface area (Å²) in [7, 11) is 3.17. The van der Waals surface area contributed by atoms with Crippen LogP contribution in [0.5, 0.6) is 11.5 Å². The molecule has 4 rings (SSSR count). The molecule has 0 saturated carbocycles. The molecule has 43 heavy (non-hydrogen) atoms. The van der Waals surface area contributed by atoms with E-state index in [0.29, 0.717) is 22.8 Å². The third-order valence-electron chi connectivity index (χ3n) is 7.17. The zero-order valence-electron chi connectivity index (χ0n) is 24.5. The van der Waals surface area contributed by atoms with Crippen LogP contribution in [0.2, 0.25) is 0 Å². The molecule has 5 amide bonds. The average Bonchev–Trinajstić information content (AvgIpc) is 3.00. The first kappa shape index (κ1) is 31.1. The zero-order valence-corrected chi connectivity index (χ0v) is 24.5. The smallest absolute Gasteiger partial charge is 0.323 e. The number of benzene rings is 3. The Morgan fingerprint density at radius 3 is 2.30 bits per heavy atom. The number of anilines is 3. The molecule has 3 atom stereocenters. The molecule has 11 nitrogen and oxygen atoms in total. The lowest BCUT2D eigenvalue weighted by molar-refractivity contribution is 0.0371. The van der Waals surface area contributed by atoms with E-state index < -0.39 is 30.0 Å². The van der Waals surface area contributed by atoms with Crippen molar-refractivity contribution in [1.29, 1.82) is 0 Å². The fourth-order valence-electron chi connectivity index (χ4n) is 4.59. The quantitative estimate of drug-likeness (QED) is 0.295. The van der Waals surface area contributed by atoms with Gasteiger partial charge in [-0.1, -0.05) is 6.92 Å². The fraction of sp³-hybridized carbons (Fsp3) is 0.323. The molecule has 3 aromatic carbocycles. The summed E-state index contributed by atoms with van der Waals surface area (Å²) in [6.45, 7) is 3.84. The summed E-state index contributed by atoms with van der Waals surface area (Å²) < 4.78 is 24.7. The summed E-state index contributed by atoms with van der Waals surface area (Å²) >= 11 is 0. The highest BCUT2D eigenvalue weighted by atomic mass is 19.1. The van der Waals surface area contributed by atoms with Crippen LogP contribution in [0.1, 0.15) is 24.2 Å². The van der Waals surface area contributed by atoms with E-state index in [4.69, 9.17) is 9.47 Å². The first-order valence-corrected chi connectivity index (χ1v) is 13.8. The number of urea groups is 2. The molecule has 0 bridgehead atoms. The Labute approximate surface area is 249 Å². The number of amides is 5. The molecule has 3 aromatic rings. The number of fused-ring (bicyclic) bond motifs is 1. The molecular formula is C31H36FN5O6. The monoisotopic (exact) mass is 593 g/mol. The Morgan fingerprint density at radius 1 is 1.05 bits per heavy atom. The van der Waals surface area contributed by atoms with Gasteiger partial charge in [0.1, 0.15) is 23.4 Å². The molecule has 228 valence electrons. The topological polar surface area (TPSA) is 132 Å². The highest BCUT2D eigenvalue weighted by Gasteiger charge is 2.34. The van der Waals surface area contributed by atoms with E-state index in [-0.39, 0.29) is 42.8 Å². The van der Waals surface area contributed by atoms with Gasteiger partial charge >= 0.3 is 12.1 Å². The molecule has 0 aromatic heterocycles. The number of methoxy groups -OCH3 is 1. The molecule has 0 fully saturated rings. The second-order valence-corrected chi connectivity index (χ2v) is 10.5. The minimum absolute atomic E-state index is 0.174. The molecule has 0 saturated heterocycles. The maximum absolute atomic E-state index is 13.7. The number of aliphatic hydroxyl groups is 1. The van der Waals surface area contributed by atoms with Crippen molar-refractivity contribution in [1.82, 2.24) is 9.80 Å². The number of halogens is 1. The van der Waals surface area contributed by atoms with Gasteiger partial charge in [-0.05, 0) is 73.7 Å². The lowest BCUT2D eigenvalue weighted by Crippen LogP contribution is -2.50. The van der Waals surface area contributed by atoms with Gasteiger partial charge in [-0.2, -0.15) is 0 Å². The molecule has 1 heterocycles. The Hall–Kier alpha value is -4.84. The zero-order chi connectivity index (χ0) is 31.1. The molecule has 4 N–H and O–H groups in total. The van der Waals surface area contributed by atoms with Crippen LogP contribution in [0.3, 0.4) is 0 Å². The molecule has 0 unspecified atom stereocenters. The second-order valence-electron chi connectivity index (χ2n) is 10.5. The summed E-state index contributed by atoms with van der Waals surface area (Å²) in [5.41, 5.74) is 1.56. The van der Waals surface area contributed by atoms with Crippen molar-refractivity contribution in [3.63, 3.8) is 0 Å². The van der Waals surface area contributed by atoms with E-state index in [2.05, 4.69) is 16.0 Å². The normalized spacial score (nSPS) is 17.0. The summed E-state index contributed by atoms with van der Waals surface area (Å²) in [4.78, 5) is 42.3. The maximum atomic E-state index is 13.7. The summed E-state index contributed by atoms with van der Waals surface area (Å²) in [5, 5.41) is 18.1. The van der Waals surface area contributed by atoms with Crippen molar-refractivity contribution >= 4 is 35.0 Å². The largest absolute Gasteiger partial charge is 0.497 e. The van der Waals surface area contributed by atoms with Crippen LogP contribution < -0.4 is 25.4 Å². The van der Waals surface area contributed by atoms with Crippen LogP contribution in [-0.2, 0) is 0 Å². The van der Waals surface area contributed by atoms with E-state index in [0.717, 1.165) is 0 Å². The van der Waals surface area contributed by atoms with Gasteiger partial charge in [0, 0.05) is 36.6 Å². The lowest BCUT2D eigenvalue weighted by atomic mass is 9.99. The molecule has 1 aliphatic heterocycles. The average molecular weight is 594 g/mol. The first-order chi connectivity index (χ1) is 20.6. The van der Waals surface area contributed by atoms with E-state index in [9.17, 15) is 23.9 Å². The third kappa shape index (κ3) is 7.92. The van der Waals surface area contributed by atoms with Crippen LogP contribution in [0.4, 0.5) is 31.0 Å². The third-order valence-corrected chi connectivity index (χ3v) is 7.17. The number of ether oxygens (including phenoxy) is 2. The van der Waals surface area contributed by atoms with Gasteiger partial charge in [-0.25, -0.2) is 14.0 Å². The van der Waals surface area contributed by atoms with Gasteiger partial charge in [-0.15, -0.1) is 0 Å². The Morgan fingerprint density at radius 2 is 1.65 bits per heavy atom.